The molecule has 1 saturated heterocycles. The van der Waals surface area contributed by atoms with Crippen LogP contribution in [0.1, 0.15) is 18.1 Å². The third-order valence-corrected chi connectivity index (χ3v) is 4.50. The molecule has 7 nitrogen and oxygen atoms in total. The number of halogens is 1. The molecule has 3 rings (SSSR count). The van der Waals surface area contributed by atoms with Crippen molar-refractivity contribution >= 4 is 23.5 Å². The number of hydrogen-bond donors (Lipinski definition) is 1. The van der Waals surface area contributed by atoms with Gasteiger partial charge in [-0.25, -0.2) is 4.79 Å². The fourth-order valence-corrected chi connectivity index (χ4v) is 2.90. The van der Waals surface area contributed by atoms with Crippen LogP contribution in [0.4, 0.5) is 4.79 Å². The van der Waals surface area contributed by atoms with E-state index in [1.54, 1.807) is 56.4 Å². The maximum Gasteiger partial charge on any atom is 0.325 e. The fourth-order valence-electron chi connectivity index (χ4n) is 2.67. The quantitative estimate of drug-likeness (QED) is 0.858. The van der Waals surface area contributed by atoms with Crippen molar-refractivity contribution in [2.45, 2.75) is 19.0 Å². The first-order chi connectivity index (χ1) is 11.3. The van der Waals surface area contributed by atoms with Gasteiger partial charge in [-0.1, -0.05) is 17.7 Å². The SMILES string of the molecule is COc1ccc(CN2C(=O)NC(C)(c3cnn(C)c3)C2=O)c(Cl)c1. The number of carbonyl (C=O) groups excluding carboxylic acids is 2. The van der Waals surface area contributed by atoms with Gasteiger partial charge in [0.05, 0.1) is 19.9 Å². The number of hydrogen-bond acceptors (Lipinski definition) is 4. The third kappa shape index (κ3) is 2.60. The van der Waals surface area contributed by atoms with Gasteiger partial charge in [-0.05, 0) is 24.6 Å². The molecule has 0 spiro atoms. The summed E-state index contributed by atoms with van der Waals surface area (Å²) >= 11 is 6.21. The van der Waals surface area contributed by atoms with Gasteiger partial charge in [0.25, 0.3) is 5.91 Å². The topological polar surface area (TPSA) is 76.5 Å². The summed E-state index contributed by atoms with van der Waals surface area (Å²) in [6.45, 7) is 1.75. The van der Waals surface area contributed by atoms with E-state index in [4.69, 9.17) is 16.3 Å². The zero-order valence-corrected chi connectivity index (χ0v) is 14.3. The molecule has 0 radical (unpaired) electrons. The Kier molecular flexibility index (Phi) is 3.96. The molecular formula is C16H17ClN4O3. The number of nitrogens with one attached hydrogen (secondary N) is 1. The molecule has 0 saturated carbocycles. The standard InChI is InChI=1S/C16H17ClN4O3/c1-16(11-7-18-20(2)9-11)14(22)21(15(23)19-16)8-10-4-5-12(24-3)6-13(10)17/h4-7,9H,8H2,1-3H3,(H,19,23). The molecule has 1 aromatic heterocycles. The molecule has 0 aliphatic carbocycles. The van der Waals surface area contributed by atoms with Crippen molar-refractivity contribution in [3.05, 3.63) is 46.7 Å². The van der Waals surface area contributed by atoms with Crippen LogP contribution in [0.5, 0.6) is 5.75 Å². The van der Waals surface area contributed by atoms with E-state index >= 15 is 0 Å². The zero-order chi connectivity index (χ0) is 17.5. The normalized spacial score (nSPS) is 20.4. The third-order valence-electron chi connectivity index (χ3n) is 4.15. The minimum atomic E-state index is -1.13. The summed E-state index contributed by atoms with van der Waals surface area (Å²) in [6.07, 6.45) is 3.28. The Morgan fingerprint density at radius 1 is 1.38 bits per heavy atom. The molecule has 1 aliphatic heterocycles. The second-order valence-electron chi connectivity index (χ2n) is 5.81. The van der Waals surface area contributed by atoms with Crippen LogP contribution in [0.15, 0.2) is 30.6 Å². The van der Waals surface area contributed by atoms with Gasteiger partial charge >= 0.3 is 6.03 Å². The highest BCUT2D eigenvalue weighted by molar-refractivity contribution is 6.31. The lowest BCUT2D eigenvalue weighted by atomic mass is 9.95. The van der Waals surface area contributed by atoms with Gasteiger partial charge in [0.2, 0.25) is 0 Å². The van der Waals surface area contributed by atoms with Crippen LogP contribution in [-0.2, 0) is 23.9 Å². The Morgan fingerprint density at radius 3 is 2.71 bits per heavy atom. The summed E-state index contributed by atoms with van der Waals surface area (Å²) in [5.41, 5.74) is 0.160. The van der Waals surface area contributed by atoms with Gasteiger partial charge in [-0.3, -0.25) is 14.4 Å². The van der Waals surface area contributed by atoms with Gasteiger partial charge in [0.1, 0.15) is 11.3 Å². The molecule has 1 N–H and O–H groups in total. The number of rotatable bonds is 4. The van der Waals surface area contributed by atoms with E-state index in [-0.39, 0.29) is 12.5 Å². The summed E-state index contributed by atoms with van der Waals surface area (Å²) < 4.78 is 6.69. The van der Waals surface area contributed by atoms with Crippen LogP contribution >= 0.6 is 11.6 Å². The summed E-state index contributed by atoms with van der Waals surface area (Å²) in [5.74, 6) is 0.272. The number of carbonyl (C=O) groups is 2. The van der Waals surface area contributed by atoms with Crippen LogP contribution < -0.4 is 10.1 Å². The molecule has 0 bridgehead atoms. The Balaban J connectivity index is 1.87. The summed E-state index contributed by atoms with van der Waals surface area (Å²) in [7, 11) is 3.30. The summed E-state index contributed by atoms with van der Waals surface area (Å²) in [6, 6.07) is 4.66. The van der Waals surface area contributed by atoms with Crippen LogP contribution in [0, 0.1) is 0 Å². The molecule has 1 aliphatic rings. The van der Waals surface area contributed by atoms with Crippen molar-refractivity contribution in [2.24, 2.45) is 7.05 Å². The first-order valence-corrected chi connectivity index (χ1v) is 7.68. The van der Waals surface area contributed by atoms with Gasteiger partial charge in [-0.2, -0.15) is 5.10 Å². The number of urea groups is 1. The molecule has 8 heteroatoms. The molecule has 2 heterocycles. The highest BCUT2D eigenvalue weighted by atomic mass is 35.5. The molecule has 2 aromatic rings. The number of nitrogens with zero attached hydrogens (tertiary/aromatic N) is 3. The van der Waals surface area contributed by atoms with Gasteiger partial charge in [-0.15, -0.1) is 0 Å². The number of amides is 3. The summed E-state index contributed by atoms with van der Waals surface area (Å²) in [4.78, 5) is 26.3. The van der Waals surface area contributed by atoms with Crippen LogP contribution in [0.3, 0.4) is 0 Å². The van der Waals surface area contributed by atoms with E-state index in [2.05, 4.69) is 10.4 Å². The lowest BCUT2D eigenvalue weighted by molar-refractivity contribution is -0.131. The minimum absolute atomic E-state index is 0.0867. The van der Waals surface area contributed by atoms with E-state index in [1.165, 1.54) is 0 Å². The lowest BCUT2D eigenvalue weighted by Gasteiger charge is -2.20. The molecule has 1 atom stereocenters. The number of ether oxygens (including phenoxy) is 1. The second-order valence-corrected chi connectivity index (χ2v) is 6.21. The van der Waals surface area contributed by atoms with Crippen molar-refractivity contribution in [3.8, 4) is 5.75 Å². The predicted molar refractivity (Wildman–Crippen MR) is 87.6 cm³/mol. The molecule has 1 fully saturated rings. The van der Waals surface area contributed by atoms with E-state index in [0.717, 1.165) is 4.90 Å². The molecule has 1 unspecified atom stereocenters. The number of benzene rings is 1. The molecule has 126 valence electrons. The van der Waals surface area contributed by atoms with Gasteiger partial charge in [0, 0.05) is 23.8 Å². The van der Waals surface area contributed by atoms with Gasteiger partial charge < -0.3 is 10.1 Å². The van der Waals surface area contributed by atoms with Crippen molar-refractivity contribution < 1.29 is 14.3 Å². The molecule has 24 heavy (non-hydrogen) atoms. The maximum absolute atomic E-state index is 12.8. The predicted octanol–water partition coefficient (Wildman–Crippen LogP) is 2.05. The van der Waals surface area contributed by atoms with Crippen molar-refractivity contribution in [1.29, 1.82) is 0 Å². The number of imide groups is 1. The molecular weight excluding hydrogens is 332 g/mol. The van der Waals surface area contributed by atoms with Crippen LogP contribution in [0.2, 0.25) is 5.02 Å². The Bertz CT molecular complexity index is 819. The monoisotopic (exact) mass is 348 g/mol. The first kappa shape index (κ1) is 16.3. The Labute approximate surface area is 144 Å². The second kappa shape index (κ2) is 5.83. The van der Waals surface area contributed by atoms with E-state index in [9.17, 15) is 9.59 Å². The van der Waals surface area contributed by atoms with Crippen LogP contribution in [0.25, 0.3) is 0 Å². The highest BCUT2D eigenvalue weighted by Crippen LogP contribution is 2.31. The number of aryl methyl sites for hydroxylation is 1. The Hall–Kier alpha value is -2.54. The average molecular weight is 349 g/mol. The number of aromatic nitrogens is 2. The molecule has 3 amide bonds. The lowest BCUT2D eigenvalue weighted by Crippen LogP contribution is -2.40. The zero-order valence-electron chi connectivity index (χ0n) is 13.5. The Morgan fingerprint density at radius 2 is 2.12 bits per heavy atom. The fraction of sp³-hybridized carbons (Fsp3) is 0.312. The minimum Gasteiger partial charge on any atom is -0.497 e. The highest BCUT2D eigenvalue weighted by Gasteiger charge is 2.49. The van der Waals surface area contributed by atoms with Crippen molar-refractivity contribution in [3.63, 3.8) is 0 Å². The maximum atomic E-state index is 12.8. The van der Waals surface area contributed by atoms with Crippen LogP contribution in [-0.4, -0.2) is 33.7 Å². The van der Waals surface area contributed by atoms with Crippen molar-refractivity contribution in [1.82, 2.24) is 20.0 Å². The average Bonchev–Trinajstić information content (AvgIpc) is 3.07. The van der Waals surface area contributed by atoms with E-state index in [1.807, 2.05) is 0 Å². The van der Waals surface area contributed by atoms with Crippen molar-refractivity contribution in [2.75, 3.05) is 7.11 Å². The largest absolute Gasteiger partial charge is 0.497 e. The first-order valence-electron chi connectivity index (χ1n) is 7.31. The van der Waals surface area contributed by atoms with E-state index in [0.29, 0.717) is 21.9 Å². The molecule has 1 aromatic carbocycles. The smallest absolute Gasteiger partial charge is 0.325 e. The van der Waals surface area contributed by atoms with E-state index < -0.39 is 11.6 Å². The van der Waals surface area contributed by atoms with Gasteiger partial charge in [0.15, 0.2) is 0 Å². The number of methoxy groups -OCH3 is 1. The summed E-state index contributed by atoms with van der Waals surface area (Å²) in [5, 5.41) is 7.24.